The van der Waals surface area contributed by atoms with Crippen LogP contribution in [0.2, 0.25) is 0 Å². The molecule has 3 heteroatoms. The first-order valence-electron chi connectivity index (χ1n) is 4.40. The van der Waals surface area contributed by atoms with Crippen LogP contribution < -0.4 is 0 Å². The van der Waals surface area contributed by atoms with Crippen LogP contribution in [0.25, 0.3) is 0 Å². The van der Waals surface area contributed by atoms with Crippen LogP contribution in [0, 0.1) is 5.82 Å². The Morgan fingerprint density at radius 3 is 2.14 bits per heavy atom. The van der Waals surface area contributed by atoms with E-state index >= 15 is 0 Å². The molecule has 0 saturated carbocycles. The molecule has 0 aromatic heterocycles. The first-order chi connectivity index (χ1) is 6.32. The Labute approximate surface area is 81.8 Å². The quantitative estimate of drug-likeness (QED) is 0.644. The Bertz CT molecular complexity index is 324. The average molecular weight is 202 g/mol. The zero-order chi connectivity index (χ0) is 10.9. The van der Waals surface area contributed by atoms with Crippen LogP contribution in [-0.4, -0.2) is 0 Å². The van der Waals surface area contributed by atoms with Crippen molar-refractivity contribution in [1.29, 1.82) is 0 Å². The summed E-state index contributed by atoms with van der Waals surface area (Å²) < 4.78 is 37.9. The van der Waals surface area contributed by atoms with Gasteiger partial charge in [0.15, 0.2) is 0 Å². The van der Waals surface area contributed by atoms with E-state index < -0.39 is 12.2 Å². The van der Waals surface area contributed by atoms with Crippen LogP contribution in [-0.2, 0) is 5.41 Å². The van der Waals surface area contributed by atoms with Crippen LogP contribution in [0.15, 0.2) is 18.2 Å². The second-order valence-corrected chi connectivity index (χ2v) is 4.28. The number of benzene rings is 1. The lowest BCUT2D eigenvalue weighted by Gasteiger charge is -2.22. The van der Waals surface area contributed by atoms with Gasteiger partial charge in [0.1, 0.15) is 5.82 Å². The van der Waals surface area contributed by atoms with Crippen molar-refractivity contribution in [2.75, 3.05) is 0 Å². The van der Waals surface area contributed by atoms with Gasteiger partial charge in [-0.1, -0.05) is 26.8 Å². The highest BCUT2D eigenvalue weighted by Crippen LogP contribution is 2.32. The van der Waals surface area contributed by atoms with E-state index in [0.29, 0.717) is 5.56 Å². The van der Waals surface area contributed by atoms with Gasteiger partial charge in [-0.05, 0) is 23.1 Å². The lowest BCUT2D eigenvalue weighted by Crippen LogP contribution is -2.14. The predicted octanol–water partition coefficient (Wildman–Crippen LogP) is 4.06. The number of rotatable bonds is 1. The van der Waals surface area contributed by atoms with E-state index in [0.717, 1.165) is 6.07 Å². The van der Waals surface area contributed by atoms with Gasteiger partial charge < -0.3 is 0 Å². The summed E-state index contributed by atoms with van der Waals surface area (Å²) >= 11 is 0. The van der Waals surface area contributed by atoms with Gasteiger partial charge in [0.25, 0.3) is 6.43 Å². The van der Waals surface area contributed by atoms with E-state index in [1.165, 1.54) is 12.1 Å². The molecule has 0 aliphatic heterocycles. The molecule has 78 valence electrons. The van der Waals surface area contributed by atoms with E-state index in [1.807, 2.05) is 20.8 Å². The molecule has 0 atom stereocenters. The lowest BCUT2D eigenvalue weighted by molar-refractivity contribution is 0.148. The molecule has 0 saturated heterocycles. The molecule has 0 nitrogen and oxygen atoms in total. The first-order valence-corrected chi connectivity index (χ1v) is 4.40. The molecular weight excluding hydrogens is 189 g/mol. The van der Waals surface area contributed by atoms with Crippen LogP contribution in [0.1, 0.15) is 38.3 Å². The fourth-order valence-corrected chi connectivity index (χ4v) is 1.40. The van der Waals surface area contributed by atoms with E-state index in [4.69, 9.17) is 0 Å². The summed E-state index contributed by atoms with van der Waals surface area (Å²) in [7, 11) is 0. The van der Waals surface area contributed by atoms with Crippen molar-refractivity contribution < 1.29 is 13.2 Å². The molecule has 0 amide bonds. The van der Waals surface area contributed by atoms with Gasteiger partial charge in [0, 0.05) is 5.56 Å². The van der Waals surface area contributed by atoms with E-state index in [-0.39, 0.29) is 11.0 Å². The largest absolute Gasteiger partial charge is 0.264 e. The second-order valence-electron chi connectivity index (χ2n) is 4.28. The van der Waals surface area contributed by atoms with Crippen molar-refractivity contribution in [3.8, 4) is 0 Å². The molecule has 1 aromatic rings. The highest BCUT2D eigenvalue weighted by molar-refractivity contribution is 5.34. The zero-order valence-electron chi connectivity index (χ0n) is 8.44. The van der Waals surface area contributed by atoms with Gasteiger partial charge in [-0.25, -0.2) is 13.2 Å². The topological polar surface area (TPSA) is 0 Å². The minimum atomic E-state index is -2.63. The molecule has 0 bridgehead atoms. The molecule has 0 aliphatic carbocycles. The van der Waals surface area contributed by atoms with E-state index in [1.54, 1.807) is 0 Å². The maximum atomic E-state index is 12.8. The minimum absolute atomic E-state index is 0.211. The normalized spacial score (nSPS) is 12.2. The van der Waals surface area contributed by atoms with Crippen molar-refractivity contribution >= 4 is 0 Å². The second kappa shape index (κ2) is 3.64. The molecule has 0 unspecified atom stereocenters. The fourth-order valence-electron chi connectivity index (χ4n) is 1.40. The first kappa shape index (κ1) is 11.1. The summed E-state index contributed by atoms with van der Waals surface area (Å²) in [5, 5.41) is 0. The smallest absolute Gasteiger partial charge is 0.207 e. The third kappa shape index (κ3) is 2.28. The van der Waals surface area contributed by atoms with Gasteiger partial charge in [-0.15, -0.1) is 0 Å². The monoisotopic (exact) mass is 202 g/mol. The van der Waals surface area contributed by atoms with Crippen LogP contribution in [0.3, 0.4) is 0 Å². The van der Waals surface area contributed by atoms with Crippen molar-refractivity contribution in [1.82, 2.24) is 0 Å². The van der Waals surface area contributed by atoms with E-state index in [2.05, 4.69) is 0 Å². The third-order valence-electron chi connectivity index (χ3n) is 2.06. The molecule has 0 spiro atoms. The molecule has 0 N–H and O–H groups in total. The van der Waals surface area contributed by atoms with Crippen molar-refractivity contribution in [2.24, 2.45) is 0 Å². The molecule has 0 radical (unpaired) electrons. The number of hydrogen-bond acceptors (Lipinski definition) is 0. The van der Waals surface area contributed by atoms with Crippen molar-refractivity contribution in [3.63, 3.8) is 0 Å². The van der Waals surface area contributed by atoms with Crippen LogP contribution in [0.5, 0.6) is 0 Å². The standard InChI is InChI=1S/C11H13F3/c1-11(2,3)9-5-4-7(12)6-8(9)10(13)14/h4-6,10H,1-3H3. The molecule has 0 heterocycles. The Hall–Kier alpha value is -0.990. The maximum absolute atomic E-state index is 12.8. The number of hydrogen-bond donors (Lipinski definition) is 0. The minimum Gasteiger partial charge on any atom is -0.207 e. The molecular formula is C11H13F3. The Morgan fingerprint density at radius 2 is 1.71 bits per heavy atom. The zero-order valence-corrected chi connectivity index (χ0v) is 8.44. The molecule has 14 heavy (non-hydrogen) atoms. The highest BCUT2D eigenvalue weighted by Gasteiger charge is 2.22. The summed E-state index contributed by atoms with van der Waals surface area (Å²) in [4.78, 5) is 0. The summed E-state index contributed by atoms with van der Waals surface area (Å²) in [6.07, 6.45) is -2.63. The summed E-state index contributed by atoms with van der Waals surface area (Å²) in [6.45, 7) is 5.48. The SMILES string of the molecule is CC(C)(C)c1ccc(F)cc1C(F)F. The van der Waals surface area contributed by atoms with Gasteiger partial charge in [0.2, 0.25) is 0 Å². The molecule has 0 fully saturated rings. The molecule has 1 rings (SSSR count). The number of halogens is 3. The lowest BCUT2D eigenvalue weighted by atomic mass is 9.84. The Balaban J connectivity index is 3.29. The highest BCUT2D eigenvalue weighted by atomic mass is 19.3. The van der Waals surface area contributed by atoms with Crippen molar-refractivity contribution in [2.45, 2.75) is 32.6 Å². The maximum Gasteiger partial charge on any atom is 0.264 e. The summed E-state index contributed by atoms with van der Waals surface area (Å²) in [6, 6.07) is 3.55. The molecule has 0 aliphatic rings. The van der Waals surface area contributed by atoms with Crippen LogP contribution in [0.4, 0.5) is 13.2 Å². The third-order valence-corrected chi connectivity index (χ3v) is 2.06. The van der Waals surface area contributed by atoms with Gasteiger partial charge in [-0.3, -0.25) is 0 Å². The van der Waals surface area contributed by atoms with Crippen LogP contribution >= 0.6 is 0 Å². The van der Waals surface area contributed by atoms with Gasteiger partial charge in [-0.2, -0.15) is 0 Å². The van der Waals surface area contributed by atoms with Crippen molar-refractivity contribution in [3.05, 3.63) is 35.1 Å². The average Bonchev–Trinajstić information content (AvgIpc) is 2.01. The summed E-state index contributed by atoms with van der Waals surface area (Å²) in [5.74, 6) is -0.617. The molecule has 1 aromatic carbocycles. The number of alkyl halides is 2. The Morgan fingerprint density at radius 1 is 1.14 bits per heavy atom. The van der Waals surface area contributed by atoms with E-state index in [9.17, 15) is 13.2 Å². The fraction of sp³-hybridized carbons (Fsp3) is 0.455. The summed E-state index contributed by atoms with van der Waals surface area (Å²) in [5.41, 5.74) is -0.106. The predicted molar refractivity (Wildman–Crippen MR) is 50.1 cm³/mol. The Kier molecular flexibility index (Phi) is 2.88. The van der Waals surface area contributed by atoms with Gasteiger partial charge >= 0.3 is 0 Å². The van der Waals surface area contributed by atoms with Gasteiger partial charge in [0.05, 0.1) is 0 Å².